The van der Waals surface area contributed by atoms with Crippen molar-refractivity contribution in [3.8, 4) is 5.75 Å². The average Bonchev–Trinajstić information content (AvgIpc) is 3.22. The van der Waals surface area contributed by atoms with Crippen LogP contribution < -0.4 is 10.1 Å². The molecular formula is C21H25ClN2O4S. The lowest BCUT2D eigenvalue weighted by Gasteiger charge is -2.23. The van der Waals surface area contributed by atoms with E-state index >= 15 is 0 Å². The van der Waals surface area contributed by atoms with Crippen molar-refractivity contribution >= 4 is 27.5 Å². The van der Waals surface area contributed by atoms with Crippen molar-refractivity contribution in [1.29, 1.82) is 0 Å². The van der Waals surface area contributed by atoms with Gasteiger partial charge in [0.05, 0.1) is 12.0 Å². The lowest BCUT2D eigenvalue weighted by molar-refractivity contribution is -0.124. The van der Waals surface area contributed by atoms with Gasteiger partial charge in [0, 0.05) is 18.1 Å². The summed E-state index contributed by atoms with van der Waals surface area (Å²) in [5.74, 6) is 0.579. The zero-order valence-electron chi connectivity index (χ0n) is 16.3. The molecule has 1 fully saturated rings. The smallest absolute Gasteiger partial charge is 0.243 e. The van der Waals surface area contributed by atoms with Crippen LogP contribution in [0.15, 0.2) is 53.4 Å². The van der Waals surface area contributed by atoms with E-state index in [2.05, 4.69) is 5.32 Å². The Balaban J connectivity index is 1.58. The van der Waals surface area contributed by atoms with Crippen molar-refractivity contribution in [3.63, 3.8) is 0 Å². The molecule has 1 amide bonds. The van der Waals surface area contributed by atoms with Gasteiger partial charge < -0.3 is 10.1 Å². The molecule has 0 aliphatic carbocycles. The van der Waals surface area contributed by atoms with Gasteiger partial charge in [0.1, 0.15) is 11.8 Å². The minimum absolute atomic E-state index is 0.151. The lowest BCUT2D eigenvalue weighted by atomic mass is 10.1. The van der Waals surface area contributed by atoms with E-state index in [1.54, 1.807) is 7.11 Å². The van der Waals surface area contributed by atoms with Gasteiger partial charge in [0.25, 0.3) is 0 Å². The molecule has 0 unspecified atom stereocenters. The number of nitrogens with zero attached hydrogens (tertiary/aromatic N) is 1. The molecule has 8 heteroatoms. The zero-order valence-corrected chi connectivity index (χ0v) is 17.9. The van der Waals surface area contributed by atoms with Crippen LogP contribution in [-0.2, 0) is 21.2 Å². The molecule has 1 heterocycles. The fourth-order valence-corrected chi connectivity index (χ4v) is 5.33. The minimum atomic E-state index is -3.73. The number of carbonyl (C=O) groups is 1. The molecule has 6 nitrogen and oxygen atoms in total. The third-order valence-corrected chi connectivity index (χ3v) is 7.22. The van der Waals surface area contributed by atoms with Crippen molar-refractivity contribution in [3.05, 3.63) is 59.1 Å². The molecule has 0 aromatic heterocycles. The summed E-state index contributed by atoms with van der Waals surface area (Å²) in [6.07, 6.45) is 2.68. The largest absolute Gasteiger partial charge is 0.496 e. The third-order valence-electron chi connectivity index (χ3n) is 5.04. The number of ether oxygens (including phenoxy) is 1. The molecule has 1 N–H and O–H groups in total. The van der Waals surface area contributed by atoms with Crippen molar-refractivity contribution in [2.75, 3.05) is 20.2 Å². The Hall–Kier alpha value is -2.09. The highest BCUT2D eigenvalue weighted by Gasteiger charge is 2.39. The summed E-state index contributed by atoms with van der Waals surface area (Å²) in [5, 5.41) is 3.36. The van der Waals surface area contributed by atoms with Crippen LogP contribution in [0, 0.1) is 0 Å². The highest BCUT2D eigenvalue weighted by molar-refractivity contribution is 7.89. The van der Waals surface area contributed by atoms with Crippen LogP contribution in [0.4, 0.5) is 0 Å². The number of rotatable bonds is 8. The number of para-hydroxylation sites is 1. The molecule has 1 aliphatic rings. The number of hydrogen-bond acceptors (Lipinski definition) is 4. The molecule has 156 valence electrons. The summed E-state index contributed by atoms with van der Waals surface area (Å²) >= 11 is 5.85. The minimum Gasteiger partial charge on any atom is -0.496 e. The van der Waals surface area contributed by atoms with E-state index in [0.29, 0.717) is 31.0 Å². The normalized spacial score (nSPS) is 17.2. The Kier molecular flexibility index (Phi) is 7.16. The van der Waals surface area contributed by atoms with Gasteiger partial charge in [0.15, 0.2) is 0 Å². The maximum absolute atomic E-state index is 12.9. The number of methoxy groups -OCH3 is 1. The molecule has 0 spiro atoms. The van der Waals surface area contributed by atoms with E-state index in [0.717, 1.165) is 24.2 Å². The van der Waals surface area contributed by atoms with Gasteiger partial charge in [-0.2, -0.15) is 4.31 Å². The summed E-state index contributed by atoms with van der Waals surface area (Å²) in [5.41, 5.74) is 1.08. The van der Waals surface area contributed by atoms with Crippen LogP contribution in [0.3, 0.4) is 0 Å². The first-order valence-corrected chi connectivity index (χ1v) is 11.4. The molecule has 0 radical (unpaired) electrons. The first-order chi connectivity index (χ1) is 13.9. The topological polar surface area (TPSA) is 75.7 Å². The summed E-state index contributed by atoms with van der Waals surface area (Å²) in [6.45, 7) is 0.812. The molecule has 1 saturated heterocycles. The average molecular weight is 437 g/mol. The third kappa shape index (κ3) is 5.10. The number of amides is 1. The van der Waals surface area contributed by atoms with Crippen LogP contribution in [0.1, 0.15) is 24.8 Å². The van der Waals surface area contributed by atoms with Gasteiger partial charge in [-0.1, -0.05) is 29.8 Å². The molecule has 1 atom stereocenters. The highest BCUT2D eigenvalue weighted by Crippen LogP contribution is 2.27. The molecule has 2 aromatic rings. The highest BCUT2D eigenvalue weighted by atomic mass is 35.5. The molecule has 2 aromatic carbocycles. The van der Waals surface area contributed by atoms with E-state index in [1.807, 2.05) is 24.3 Å². The van der Waals surface area contributed by atoms with Crippen LogP contribution in [0.25, 0.3) is 0 Å². The first-order valence-electron chi connectivity index (χ1n) is 9.60. The van der Waals surface area contributed by atoms with E-state index in [4.69, 9.17) is 16.3 Å². The van der Waals surface area contributed by atoms with E-state index in [1.165, 1.54) is 28.6 Å². The fourth-order valence-electron chi connectivity index (χ4n) is 3.55. The molecular weight excluding hydrogens is 412 g/mol. The Bertz CT molecular complexity index is 947. The number of nitrogens with one attached hydrogen (secondary N) is 1. The van der Waals surface area contributed by atoms with Gasteiger partial charge in [-0.15, -0.1) is 0 Å². The zero-order chi connectivity index (χ0) is 20.9. The predicted octanol–water partition coefficient (Wildman–Crippen LogP) is 3.25. The summed E-state index contributed by atoms with van der Waals surface area (Å²) < 4.78 is 32.5. The van der Waals surface area contributed by atoms with E-state index in [9.17, 15) is 13.2 Å². The maximum atomic E-state index is 12.9. The van der Waals surface area contributed by atoms with Crippen LogP contribution >= 0.6 is 11.6 Å². The Morgan fingerprint density at radius 2 is 1.93 bits per heavy atom. The second-order valence-electron chi connectivity index (χ2n) is 6.93. The number of carbonyl (C=O) groups excluding carboxylic acids is 1. The molecule has 3 rings (SSSR count). The number of sulfonamides is 1. The molecule has 29 heavy (non-hydrogen) atoms. The van der Waals surface area contributed by atoms with E-state index < -0.39 is 16.1 Å². The van der Waals surface area contributed by atoms with Crippen molar-refractivity contribution < 1.29 is 17.9 Å². The SMILES string of the molecule is COc1ccccc1CCCNC(=O)[C@H]1CCCN1S(=O)(=O)c1ccc(Cl)cc1. The number of aryl methyl sites for hydroxylation is 1. The Labute approximate surface area is 176 Å². The summed E-state index contributed by atoms with van der Waals surface area (Å²) in [4.78, 5) is 12.8. The van der Waals surface area contributed by atoms with Crippen molar-refractivity contribution in [2.24, 2.45) is 0 Å². The number of halogens is 1. The second kappa shape index (κ2) is 9.61. The summed E-state index contributed by atoms with van der Waals surface area (Å²) in [6, 6.07) is 13.1. The van der Waals surface area contributed by atoms with Gasteiger partial charge in [-0.25, -0.2) is 8.42 Å². The van der Waals surface area contributed by atoms with Crippen LogP contribution in [-0.4, -0.2) is 44.9 Å². The van der Waals surface area contributed by atoms with E-state index in [-0.39, 0.29) is 10.8 Å². The van der Waals surface area contributed by atoms with Gasteiger partial charge in [-0.3, -0.25) is 4.79 Å². The predicted molar refractivity (Wildman–Crippen MR) is 113 cm³/mol. The first kappa shape index (κ1) is 21.6. The lowest BCUT2D eigenvalue weighted by Crippen LogP contribution is -2.46. The van der Waals surface area contributed by atoms with Gasteiger partial charge in [0.2, 0.25) is 15.9 Å². The fraction of sp³-hybridized carbons (Fsp3) is 0.381. The second-order valence-corrected chi connectivity index (χ2v) is 9.26. The number of benzene rings is 2. The van der Waals surface area contributed by atoms with Crippen molar-refractivity contribution in [1.82, 2.24) is 9.62 Å². The number of hydrogen-bond donors (Lipinski definition) is 1. The Morgan fingerprint density at radius 1 is 1.21 bits per heavy atom. The molecule has 0 saturated carbocycles. The quantitative estimate of drug-likeness (QED) is 0.644. The molecule has 0 bridgehead atoms. The van der Waals surface area contributed by atoms with Gasteiger partial charge in [-0.05, 0) is 61.6 Å². The van der Waals surface area contributed by atoms with Crippen LogP contribution in [0.5, 0.6) is 5.75 Å². The summed E-state index contributed by atoms with van der Waals surface area (Å²) in [7, 11) is -2.10. The Morgan fingerprint density at radius 3 is 2.66 bits per heavy atom. The van der Waals surface area contributed by atoms with Crippen LogP contribution in [0.2, 0.25) is 5.02 Å². The maximum Gasteiger partial charge on any atom is 0.243 e. The van der Waals surface area contributed by atoms with Gasteiger partial charge >= 0.3 is 0 Å². The standard InChI is InChI=1S/C21H25ClN2O4S/c1-28-20-9-3-2-6-16(20)7-4-14-23-21(25)19-8-5-15-24(19)29(26,27)18-12-10-17(22)11-13-18/h2-3,6,9-13,19H,4-5,7-8,14-15H2,1H3,(H,23,25)/t19-/m1/s1. The van der Waals surface area contributed by atoms with Crippen molar-refractivity contribution in [2.45, 2.75) is 36.6 Å². The monoisotopic (exact) mass is 436 g/mol. The molecule has 1 aliphatic heterocycles.